The second-order valence-corrected chi connectivity index (χ2v) is 7.18. The van der Waals surface area contributed by atoms with Gasteiger partial charge in [-0.15, -0.1) is 0 Å². The predicted molar refractivity (Wildman–Crippen MR) is 104 cm³/mol. The van der Waals surface area contributed by atoms with E-state index in [1.165, 1.54) is 13.0 Å². The largest absolute Gasteiger partial charge is 0.441 e. The molecule has 1 N–H and O–H groups in total. The first-order valence-electron chi connectivity index (χ1n) is 9.50. The fourth-order valence-electron chi connectivity index (χ4n) is 3.65. The van der Waals surface area contributed by atoms with Crippen LogP contribution in [0.3, 0.4) is 0 Å². The average molecular weight is 350 g/mol. The molecule has 1 aliphatic rings. The molecule has 0 saturated carbocycles. The van der Waals surface area contributed by atoms with Gasteiger partial charge in [0.2, 0.25) is 0 Å². The molecule has 1 saturated heterocycles. The number of likely N-dealkylation sites (tertiary alicyclic amines) is 1. The van der Waals surface area contributed by atoms with Crippen LogP contribution in [-0.4, -0.2) is 41.0 Å². The van der Waals surface area contributed by atoms with Gasteiger partial charge in [0, 0.05) is 25.2 Å². The van der Waals surface area contributed by atoms with Crippen molar-refractivity contribution >= 4 is 16.9 Å². The van der Waals surface area contributed by atoms with Crippen LogP contribution in [0.1, 0.15) is 24.4 Å². The van der Waals surface area contributed by atoms with Gasteiger partial charge < -0.3 is 14.6 Å². The summed E-state index contributed by atoms with van der Waals surface area (Å²) in [4.78, 5) is 11.6. The van der Waals surface area contributed by atoms with Gasteiger partial charge in [-0.25, -0.2) is 9.97 Å². The number of rotatable bonds is 7. The Morgan fingerprint density at radius 1 is 1.15 bits per heavy atom. The van der Waals surface area contributed by atoms with Gasteiger partial charge in [-0.2, -0.15) is 0 Å². The highest BCUT2D eigenvalue weighted by Crippen LogP contribution is 2.19. The van der Waals surface area contributed by atoms with Crippen LogP contribution in [0.2, 0.25) is 0 Å². The maximum Gasteiger partial charge on any atom is 0.195 e. The number of para-hydroxylation sites is 2. The van der Waals surface area contributed by atoms with Gasteiger partial charge in [-0.1, -0.05) is 18.2 Å². The summed E-state index contributed by atoms with van der Waals surface area (Å²) in [5.74, 6) is 2.54. The van der Waals surface area contributed by atoms with Crippen molar-refractivity contribution in [3.05, 3.63) is 54.0 Å². The maximum absolute atomic E-state index is 5.80. The SMILES string of the molecule is Cc1cccc(NC[C@H]2CCN(CCCc3nc4ccccc4o3)C2)n1. The molecule has 0 bridgehead atoms. The van der Waals surface area contributed by atoms with Crippen molar-refractivity contribution in [2.45, 2.75) is 26.2 Å². The number of benzene rings is 1. The van der Waals surface area contributed by atoms with Crippen LogP contribution in [-0.2, 0) is 6.42 Å². The highest BCUT2D eigenvalue weighted by Gasteiger charge is 2.22. The average Bonchev–Trinajstić information content (AvgIpc) is 3.26. The molecule has 3 heterocycles. The lowest BCUT2D eigenvalue weighted by molar-refractivity contribution is 0.317. The minimum absolute atomic E-state index is 0.696. The van der Waals surface area contributed by atoms with Gasteiger partial charge in [-0.05, 0) is 63.0 Å². The molecule has 0 spiro atoms. The molecular weight excluding hydrogens is 324 g/mol. The maximum atomic E-state index is 5.80. The minimum Gasteiger partial charge on any atom is -0.441 e. The van der Waals surface area contributed by atoms with Crippen molar-refractivity contribution in [3.8, 4) is 0 Å². The molecule has 5 nitrogen and oxygen atoms in total. The molecule has 2 aromatic heterocycles. The van der Waals surface area contributed by atoms with E-state index in [9.17, 15) is 0 Å². The first kappa shape index (κ1) is 17.0. The van der Waals surface area contributed by atoms with Gasteiger partial charge >= 0.3 is 0 Å². The second kappa shape index (κ2) is 7.87. The highest BCUT2D eigenvalue weighted by atomic mass is 16.3. The van der Waals surface area contributed by atoms with E-state index in [1.807, 2.05) is 43.3 Å². The first-order chi connectivity index (χ1) is 12.8. The molecule has 1 aliphatic heterocycles. The summed E-state index contributed by atoms with van der Waals surface area (Å²) in [6.45, 7) is 6.48. The molecule has 5 heteroatoms. The number of nitrogens with zero attached hydrogens (tertiary/aromatic N) is 3. The van der Waals surface area contributed by atoms with Crippen molar-refractivity contribution in [1.82, 2.24) is 14.9 Å². The molecule has 136 valence electrons. The topological polar surface area (TPSA) is 54.2 Å². The quantitative estimate of drug-likeness (QED) is 0.700. The van der Waals surface area contributed by atoms with Gasteiger partial charge in [-0.3, -0.25) is 0 Å². The van der Waals surface area contributed by atoms with Crippen molar-refractivity contribution in [2.75, 3.05) is 31.5 Å². The summed E-state index contributed by atoms with van der Waals surface area (Å²) >= 11 is 0. The highest BCUT2D eigenvalue weighted by molar-refractivity contribution is 5.72. The molecule has 0 amide bonds. The Balaban J connectivity index is 1.19. The van der Waals surface area contributed by atoms with Crippen LogP contribution in [0.25, 0.3) is 11.1 Å². The number of pyridine rings is 1. The van der Waals surface area contributed by atoms with E-state index >= 15 is 0 Å². The van der Waals surface area contributed by atoms with E-state index in [1.54, 1.807) is 0 Å². The number of anilines is 1. The van der Waals surface area contributed by atoms with E-state index in [-0.39, 0.29) is 0 Å². The number of oxazole rings is 1. The number of nitrogens with one attached hydrogen (secondary N) is 1. The van der Waals surface area contributed by atoms with Gasteiger partial charge in [0.1, 0.15) is 11.3 Å². The Morgan fingerprint density at radius 3 is 2.96 bits per heavy atom. The van der Waals surface area contributed by atoms with Crippen LogP contribution in [0.5, 0.6) is 0 Å². The lowest BCUT2D eigenvalue weighted by Crippen LogP contribution is -2.24. The number of hydrogen-bond donors (Lipinski definition) is 1. The molecule has 0 unspecified atom stereocenters. The summed E-state index contributed by atoms with van der Waals surface area (Å²) in [5.41, 5.74) is 2.90. The molecule has 1 atom stereocenters. The minimum atomic E-state index is 0.696. The fourth-order valence-corrected chi connectivity index (χ4v) is 3.65. The number of aryl methyl sites for hydroxylation is 2. The summed E-state index contributed by atoms with van der Waals surface area (Å²) in [7, 11) is 0. The zero-order valence-electron chi connectivity index (χ0n) is 15.3. The third-order valence-corrected chi connectivity index (χ3v) is 5.03. The molecule has 0 radical (unpaired) electrons. The number of fused-ring (bicyclic) bond motifs is 1. The van der Waals surface area contributed by atoms with Crippen LogP contribution in [0, 0.1) is 12.8 Å². The lowest BCUT2D eigenvalue weighted by atomic mass is 10.1. The normalized spacial score (nSPS) is 17.8. The molecule has 1 fully saturated rings. The van der Waals surface area contributed by atoms with Crippen LogP contribution in [0.4, 0.5) is 5.82 Å². The molecule has 4 rings (SSSR count). The molecule has 3 aromatic rings. The first-order valence-corrected chi connectivity index (χ1v) is 9.50. The van der Waals surface area contributed by atoms with E-state index < -0.39 is 0 Å². The Morgan fingerprint density at radius 2 is 2.08 bits per heavy atom. The Kier molecular flexibility index (Phi) is 5.16. The lowest BCUT2D eigenvalue weighted by Gasteiger charge is -2.16. The van der Waals surface area contributed by atoms with Crippen LogP contribution < -0.4 is 5.32 Å². The van der Waals surface area contributed by atoms with Crippen molar-refractivity contribution in [1.29, 1.82) is 0 Å². The summed E-state index contributed by atoms with van der Waals surface area (Å²) < 4.78 is 5.80. The van der Waals surface area contributed by atoms with E-state index in [0.717, 1.165) is 61.0 Å². The monoisotopic (exact) mass is 350 g/mol. The summed E-state index contributed by atoms with van der Waals surface area (Å²) in [6, 6.07) is 14.1. The van der Waals surface area contributed by atoms with Crippen LogP contribution >= 0.6 is 0 Å². The Bertz CT molecular complexity index is 827. The molecular formula is C21H26N4O. The third kappa shape index (κ3) is 4.22. The number of aromatic nitrogens is 2. The zero-order valence-corrected chi connectivity index (χ0v) is 15.3. The second-order valence-electron chi connectivity index (χ2n) is 7.18. The van der Waals surface area contributed by atoms with Crippen LogP contribution in [0.15, 0.2) is 46.9 Å². The summed E-state index contributed by atoms with van der Waals surface area (Å²) in [6.07, 6.45) is 3.25. The Labute approximate surface area is 154 Å². The van der Waals surface area contributed by atoms with Crippen molar-refractivity contribution < 1.29 is 4.42 Å². The molecule has 26 heavy (non-hydrogen) atoms. The van der Waals surface area contributed by atoms with Gasteiger partial charge in [0.15, 0.2) is 11.5 Å². The van der Waals surface area contributed by atoms with E-state index in [4.69, 9.17) is 4.42 Å². The predicted octanol–water partition coefficient (Wildman–Crippen LogP) is 3.90. The van der Waals surface area contributed by atoms with Crippen molar-refractivity contribution in [3.63, 3.8) is 0 Å². The Hall–Kier alpha value is -2.40. The smallest absolute Gasteiger partial charge is 0.195 e. The zero-order chi connectivity index (χ0) is 17.8. The van der Waals surface area contributed by atoms with Gasteiger partial charge in [0.05, 0.1) is 0 Å². The van der Waals surface area contributed by atoms with E-state index in [0.29, 0.717) is 5.92 Å². The third-order valence-electron chi connectivity index (χ3n) is 5.03. The van der Waals surface area contributed by atoms with Crippen molar-refractivity contribution in [2.24, 2.45) is 5.92 Å². The van der Waals surface area contributed by atoms with Gasteiger partial charge in [0.25, 0.3) is 0 Å². The van der Waals surface area contributed by atoms with E-state index in [2.05, 4.69) is 26.3 Å². The summed E-state index contributed by atoms with van der Waals surface area (Å²) in [5, 5.41) is 3.48. The number of hydrogen-bond acceptors (Lipinski definition) is 5. The standard InChI is InChI=1S/C21H26N4O/c1-16-6-4-9-20(23-16)22-14-17-11-13-25(15-17)12-5-10-21-24-18-7-2-3-8-19(18)26-21/h2-4,6-9,17H,5,10-15H2,1H3,(H,22,23)/t17-/m1/s1. The molecule has 0 aliphatic carbocycles. The molecule has 1 aromatic carbocycles. The fraction of sp³-hybridized carbons (Fsp3) is 0.429.